The summed E-state index contributed by atoms with van der Waals surface area (Å²) in [6.45, 7) is 0.428. The van der Waals surface area contributed by atoms with Gasteiger partial charge in [0.1, 0.15) is 5.75 Å². The van der Waals surface area contributed by atoms with Gasteiger partial charge in [-0.2, -0.15) is 0 Å². The standard InChI is InChI=1S/C15H16N2O2/c16-13-6-3-4-11(8-13)10-17-15(19)9-12-5-1-2-7-14(12)18/h1-8,18H,9-10,16H2,(H,17,19). The highest BCUT2D eigenvalue weighted by atomic mass is 16.3. The van der Waals surface area contributed by atoms with E-state index in [0.717, 1.165) is 5.56 Å². The molecule has 0 aliphatic heterocycles. The summed E-state index contributed by atoms with van der Waals surface area (Å²) in [4.78, 5) is 11.8. The Morgan fingerprint density at radius 2 is 1.95 bits per heavy atom. The number of hydrogen-bond acceptors (Lipinski definition) is 3. The fraction of sp³-hybridized carbons (Fsp3) is 0.133. The molecule has 0 spiro atoms. The van der Waals surface area contributed by atoms with Gasteiger partial charge in [0.25, 0.3) is 0 Å². The number of para-hydroxylation sites is 1. The number of nitrogens with two attached hydrogens (primary N) is 1. The van der Waals surface area contributed by atoms with E-state index in [1.165, 1.54) is 0 Å². The number of amides is 1. The van der Waals surface area contributed by atoms with Crippen molar-refractivity contribution in [2.45, 2.75) is 13.0 Å². The maximum Gasteiger partial charge on any atom is 0.224 e. The Morgan fingerprint density at radius 1 is 1.16 bits per heavy atom. The Labute approximate surface area is 111 Å². The van der Waals surface area contributed by atoms with Crippen LogP contribution >= 0.6 is 0 Å². The number of nitrogen functional groups attached to an aromatic ring is 1. The molecule has 0 saturated heterocycles. The van der Waals surface area contributed by atoms with Crippen molar-refractivity contribution in [1.29, 1.82) is 0 Å². The van der Waals surface area contributed by atoms with Crippen LogP contribution in [0.25, 0.3) is 0 Å². The lowest BCUT2D eigenvalue weighted by atomic mass is 10.1. The minimum absolute atomic E-state index is 0.135. The summed E-state index contributed by atoms with van der Waals surface area (Å²) in [5.74, 6) is 0.00512. The number of phenolic OH excluding ortho intramolecular Hbond substituents is 1. The summed E-state index contributed by atoms with van der Waals surface area (Å²) in [5, 5.41) is 12.4. The number of hydrogen-bond donors (Lipinski definition) is 3. The molecule has 4 nitrogen and oxygen atoms in total. The van der Waals surface area contributed by atoms with Crippen molar-refractivity contribution < 1.29 is 9.90 Å². The van der Waals surface area contributed by atoms with E-state index in [1.807, 2.05) is 18.2 Å². The zero-order chi connectivity index (χ0) is 13.7. The van der Waals surface area contributed by atoms with Crippen molar-refractivity contribution >= 4 is 11.6 Å². The highest BCUT2D eigenvalue weighted by molar-refractivity contribution is 5.79. The molecule has 1 amide bonds. The van der Waals surface area contributed by atoms with Crippen molar-refractivity contribution in [2.75, 3.05) is 5.73 Å². The number of benzene rings is 2. The molecule has 2 aromatic carbocycles. The molecule has 4 heteroatoms. The first-order chi connectivity index (χ1) is 9.15. The SMILES string of the molecule is Nc1cccc(CNC(=O)Cc2ccccc2O)c1. The predicted molar refractivity (Wildman–Crippen MR) is 74.5 cm³/mol. The first-order valence-electron chi connectivity index (χ1n) is 6.03. The van der Waals surface area contributed by atoms with Crippen LogP contribution in [-0.2, 0) is 17.8 Å². The zero-order valence-electron chi connectivity index (χ0n) is 10.5. The van der Waals surface area contributed by atoms with Crippen molar-refractivity contribution in [3.63, 3.8) is 0 Å². The van der Waals surface area contributed by atoms with Crippen LogP contribution in [0.2, 0.25) is 0 Å². The van der Waals surface area contributed by atoms with E-state index >= 15 is 0 Å². The Balaban J connectivity index is 1.90. The van der Waals surface area contributed by atoms with Gasteiger partial charge in [-0.3, -0.25) is 4.79 Å². The fourth-order valence-electron chi connectivity index (χ4n) is 1.80. The molecule has 0 aliphatic rings. The molecule has 0 radical (unpaired) electrons. The molecule has 19 heavy (non-hydrogen) atoms. The van der Waals surface area contributed by atoms with Crippen LogP contribution < -0.4 is 11.1 Å². The van der Waals surface area contributed by atoms with Crippen LogP contribution in [0.15, 0.2) is 48.5 Å². The molecular weight excluding hydrogens is 240 g/mol. The molecule has 2 aromatic rings. The lowest BCUT2D eigenvalue weighted by Gasteiger charge is -2.07. The van der Waals surface area contributed by atoms with Gasteiger partial charge in [0, 0.05) is 17.8 Å². The Bertz CT molecular complexity index is 582. The van der Waals surface area contributed by atoms with E-state index in [4.69, 9.17) is 5.73 Å². The summed E-state index contributed by atoms with van der Waals surface area (Å²) < 4.78 is 0. The van der Waals surface area contributed by atoms with E-state index in [9.17, 15) is 9.90 Å². The molecule has 0 saturated carbocycles. The van der Waals surface area contributed by atoms with Crippen molar-refractivity contribution in [2.24, 2.45) is 0 Å². The number of aromatic hydroxyl groups is 1. The van der Waals surface area contributed by atoms with Gasteiger partial charge in [-0.1, -0.05) is 30.3 Å². The van der Waals surface area contributed by atoms with Gasteiger partial charge in [0.05, 0.1) is 6.42 Å². The molecule has 0 atom stereocenters. The maximum absolute atomic E-state index is 11.8. The topological polar surface area (TPSA) is 75.3 Å². The molecule has 2 rings (SSSR count). The highest BCUT2D eigenvalue weighted by Crippen LogP contribution is 2.15. The van der Waals surface area contributed by atoms with Crippen LogP contribution in [0.4, 0.5) is 5.69 Å². The van der Waals surface area contributed by atoms with Crippen molar-refractivity contribution in [3.05, 3.63) is 59.7 Å². The van der Waals surface area contributed by atoms with Crippen molar-refractivity contribution in [1.82, 2.24) is 5.32 Å². The van der Waals surface area contributed by atoms with Gasteiger partial charge in [-0.05, 0) is 23.8 Å². The molecule has 0 aromatic heterocycles. The first kappa shape index (κ1) is 13.0. The maximum atomic E-state index is 11.8. The largest absolute Gasteiger partial charge is 0.508 e. The van der Waals surface area contributed by atoms with Gasteiger partial charge in [-0.15, -0.1) is 0 Å². The second kappa shape index (κ2) is 5.91. The average Bonchev–Trinajstić information content (AvgIpc) is 2.39. The predicted octanol–water partition coefficient (Wildman–Crippen LogP) is 1.83. The van der Waals surface area contributed by atoms with Crippen LogP contribution in [-0.4, -0.2) is 11.0 Å². The molecule has 4 N–H and O–H groups in total. The second-order valence-electron chi connectivity index (χ2n) is 4.33. The number of nitrogens with one attached hydrogen (secondary N) is 1. The number of anilines is 1. The summed E-state index contributed by atoms with van der Waals surface area (Å²) >= 11 is 0. The minimum Gasteiger partial charge on any atom is -0.508 e. The lowest BCUT2D eigenvalue weighted by Crippen LogP contribution is -2.24. The molecule has 98 valence electrons. The highest BCUT2D eigenvalue weighted by Gasteiger charge is 2.06. The third kappa shape index (κ3) is 3.74. The summed E-state index contributed by atoms with van der Waals surface area (Å²) in [6, 6.07) is 14.2. The molecule has 0 heterocycles. The Morgan fingerprint density at radius 3 is 2.68 bits per heavy atom. The fourth-order valence-corrected chi connectivity index (χ4v) is 1.80. The zero-order valence-corrected chi connectivity index (χ0v) is 10.5. The summed E-state index contributed by atoms with van der Waals surface area (Å²) in [7, 11) is 0. The minimum atomic E-state index is -0.135. The molecule has 0 fully saturated rings. The monoisotopic (exact) mass is 256 g/mol. The first-order valence-corrected chi connectivity index (χ1v) is 6.03. The van der Waals surface area contributed by atoms with E-state index in [2.05, 4.69) is 5.32 Å². The summed E-state index contributed by atoms with van der Waals surface area (Å²) in [6.07, 6.45) is 0.162. The number of carbonyl (C=O) groups is 1. The van der Waals surface area contributed by atoms with Crippen molar-refractivity contribution in [3.8, 4) is 5.75 Å². The average molecular weight is 256 g/mol. The third-order valence-corrected chi connectivity index (χ3v) is 2.78. The van der Waals surface area contributed by atoms with E-state index < -0.39 is 0 Å². The molecule has 0 bridgehead atoms. The lowest BCUT2D eigenvalue weighted by molar-refractivity contribution is -0.120. The van der Waals surface area contributed by atoms with Gasteiger partial charge < -0.3 is 16.2 Å². The second-order valence-corrected chi connectivity index (χ2v) is 4.33. The normalized spacial score (nSPS) is 10.1. The van der Waals surface area contributed by atoms with E-state index in [0.29, 0.717) is 17.8 Å². The Hall–Kier alpha value is -2.49. The van der Waals surface area contributed by atoms with Crippen LogP contribution in [0.3, 0.4) is 0 Å². The third-order valence-electron chi connectivity index (χ3n) is 2.78. The summed E-state index contributed by atoms with van der Waals surface area (Å²) in [5.41, 5.74) is 7.90. The smallest absolute Gasteiger partial charge is 0.224 e. The van der Waals surface area contributed by atoms with Crippen LogP contribution in [0.1, 0.15) is 11.1 Å². The van der Waals surface area contributed by atoms with E-state index in [-0.39, 0.29) is 18.1 Å². The van der Waals surface area contributed by atoms with Crippen LogP contribution in [0, 0.1) is 0 Å². The van der Waals surface area contributed by atoms with Gasteiger partial charge in [0.2, 0.25) is 5.91 Å². The Kier molecular flexibility index (Phi) is 4.03. The van der Waals surface area contributed by atoms with Gasteiger partial charge in [0.15, 0.2) is 0 Å². The quantitative estimate of drug-likeness (QED) is 0.730. The number of rotatable bonds is 4. The van der Waals surface area contributed by atoms with Gasteiger partial charge >= 0.3 is 0 Å². The van der Waals surface area contributed by atoms with E-state index in [1.54, 1.807) is 30.3 Å². The number of phenols is 1. The molecule has 0 aliphatic carbocycles. The van der Waals surface area contributed by atoms with Gasteiger partial charge in [-0.25, -0.2) is 0 Å². The molecular formula is C15H16N2O2. The number of carbonyl (C=O) groups excluding carboxylic acids is 1. The molecule has 0 unspecified atom stereocenters. The van der Waals surface area contributed by atoms with Crippen LogP contribution in [0.5, 0.6) is 5.75 Å².